The molecule has 2 N–H and O–H groups in total. The zero-order valence-electron chi connectivity index (χ0n) is 17.8. The second kappa shape index (κ2) is 9.28. The summed E-state index contributed by atoms with van der Waals surface area (Å²) in [4.78, 5) is 26.1. The lowest BCUT2D eigenvalue weighted by Crippen LogP contribution is -2.45. The van der Waals surface area contributed by atoms with Crippen LogP contribution in [0.3, 0.4) is 0 Å². The molecule has 0 spiro atoms. The maximum atomic E-state index is 12.7. The van der Waals surface area contributed by atoms with Crippen molar-refractivity contribution in [3.8, 4) is 11.5 Å². The van der Waals surface area contributed by atoms with Crippen LogP contribution in [0.2, 0.25) is 0 Å². The van der Waals surface area contributed by atoms with E-state index >= 15 is 0 Å². The number of likely N-dealkylation sites (N-methyl/N-ethyl adjacent to an activating group) is 1. The Morgan fingerprint density at radius 3 is 2.39 bits per heavy atom. The fourth-order valence-electron chi connectivity index (χ4n) is 3.75. The van der Waals surface area contributed by atoms with E-state index in [0.29, 0.717) is 24.5 Å². The van der Waals surface area contributed by atoms with Gasteiger partial charge in [0, 0.05) is 32.0 Å². The van der Waals surface area contributed by atoms with E-state index in [4.69, 9.17) is 9.47 Å². The van der Waals surface area contributed by atoms with Gasteiger partial charge in [-0.2, -0.15) is 0 Å². The number of methoxy groups -OCH3 is 2. The Balaban J connectivity index is 1.97. The smallest absolute Gasteiger partial charge is 0.222 e. The molecule has 0 radical (unpaired) electrons. The topological polar surface area (TPSA) is 79.9 Å². The number of benzene rings is 1. The van der Waals surface area contributed by atoms with Crippen molar-refractivity contribution in [2.75, 3.05) is 27.8 Å². The van der Waals surface area contributed by atoms with Crippen LogP contribution in [0.5, 0.6) is 11.5 Å². The first-order valence-electron chi connectivity index (χ1n) is 9.67. The van der Waals surface area contributed by atoms with Gasteiger partial charge in [0.1, 0.15) is 0 Å². The molecule has 1 aliphatic rings. The Hall–Kier alpha value is -2.28. The predicted molar refractivity (Wildman–Crippen MR) is 109 cm³/mol. The number of rotatable bonds is 8. The third kappa shape index (κ3) is 5.38. The van der Waals surface area contributed by atoms with Gasteiger partial charge in [0.05, 0.1) is 19.8 Å². The largest absolute Gasteiger partial charge is 0.493 e. The molecule has 0 aliphatic carbocycles. The van der Waals surface area contributed by atoms with Crippen LogP contribution in [0.4, 0.5) is 0 Å². The SMILES string of the molecule is COc1ccc(C(C)(C)NC(=O)C[C@@H]2CC[C@H](CNC(C)=O)N2C)cc1OC. The number of hydrogen-bond acceptors (Lipinski definition) is 5. The van der Waals surface area contributed by atoms with E-state index < -0.39 is 5.54 Å². The van der Waals surface area contributed by atoms with E-state index in [9.17, 15) is 9.59 Å². The van der Waals surface area contributed by atoms with Crippen molar-refractivity contribution in [3.05, 3.63) is 23.8 Å². The summed E-state index contributed by atoms with van der Waals surface area (Å²) in [7, 11) is 5.22. The fraction of sp³-hybridized carbons (Fsp3) is 0.619. The molecule has 2 atom stereocenters. The van der Waals surface area contributed by atoms with Gasteiger partial charge in [-0.25, -0.2) is 0 Å². The zero-order valence-corrected chi connectivity index (χ0v) is 17.8. The number of hydrogen-bond donors (Lipinski definition) is 2. The number of amides is 2. The van der Waals surface area contributed by atoms with Crippen molar-refractivity contribution in [2.24, 2.45) is 0 Å². The van der Waals surface area contributed by atoms with Gasteiger partial charge in [-0.3, -0.25) is 14.5 Å². The molecule has 2 amide bonds. The van der Waals surface area contributed by atoms with Crippen LogP contribution >= 0.6 is 0 Å². The summed E-state index contributed by atoms with van der Waals surface area (Å²) in [5.41, 5.74) is 0.408. The van der Waals surface area contributed by atoms with Gasteiger partial charge in [-0.05, 0) is 51.4 Å². The molecule has 7 heteroatoms. The minimum atomic E-state index is -0.538. The normalized spacial score (nSPS) is 19.9. The molecule has 0 bridgehead atoms. The number of likely N-dealkylation sites (tertiary alicyclic amines) is 1. The standard InChI is InChI=1S/C21H33N3O4/c1-14(25)22-13-17-9-8-16(24(17)4)12-20(26)23-21(2,3)15-7-10-18(27-5)19(11-15)28-6/h7,10-11,16-17H,8-9,12-13H2,1-6H3,(H,22,25)(H,23,26)/t16-,17+/m0/s1. The van der Waals surface area contributed by atoms with E-state index in [2.05, 4.69) is 15.5 Å². The number of carbonyl (C=O) groups is 2. The Morgan fingerprint density at radius 2 is 1.79 bits per heavy atom. The summed E-state index contributed by atoms with van der Waals surface area (Å²) in [6.07, 6.45) is 2.36. The second-order valence-corrected chi connectivity index (χ2v) is 7.93. The maximum Gasteiger partial charge on any atom is 0.222 e. The van der Waals surface area contributed by atoms with E-state index in [1.54, 1.807) is 14.2 Å². The monoisotopic (exact) mass is 391 g/mol. The van der Waals surface area contributed by atoms with Gasteiger partial charge in [0.25, 0.3) is 0 Å². The Labute approximate surface area is 167 Å². The minimum Gasteiger partial charge on any atom is -0.493 e. The molecule has 0 saturated carbocycles. The van der Waals surface area contributed by atoms with Crippen LogP contribution in [0.15, 0.2) is 18.2 Å². The number of nitrogens with one attached hydrogen (secondary N) is 2. The van der Waals surface area contributed by atoms with E-state index in [1.165, 1.54) is 6.92 Å². The van der Waals surface area contributed by atoms with Gasteiger partial charge in [-0.1, -0.05) is 6.07 Å². The van der Waals surface area contributed by atoms with Crippen LogP contribution in [-0.4, -0.2) is 56.6 Å². The number of nitrogens with zero attached hydrogens (tertiary/aromatic N) is 1. The third-order valence-corrected chi connectivity index (χ3v) is 5.55. The van der Waals surface area contributed by atoms with Crippen LogP contribution in [0.25, 0.3) is 0 Å². The molecule has 156 valence electrons. The molecule has 28 heavy (non-hydrogen) atoms. The summed E-state index contributed by atoms with van der Waals surface area (Å²) in [5, 5.41) is 6.01. The van der Waals surface area contributed by atoms with Gasteiger partial charge in [0.2, 0.25) is 11.8 Å². The van der Waals surface area contributed by atoms with Crippen molar-refractivity contribution in [1.82, 2.24) is 15.5 Å². The first-order valence-corrected chi connectivity index (χ1v) is 9.67. The fourth-order valence-corrected chi connectivity index (χ4v) is 3.75. The van der Waals surface area contributed by atoms with Crippen molar-refractivity contribution in [1.29, 1.82) is 0 Å². The maximum absolute atomic E-state index is 12.7. The molecular formula is C21H33N3O4. The molecule has 1 aliphatic heterocycles. The lowest BCUT2D eigenvalue weighted by atomic mass is 9.93. The van der Waals surface area contributed by atoms with E-state index in [0.717, 1.165) is 18.4 Å². The third-order valence-electron chi connectivity index (χ3n) is 5.55. The minimum absolute atomic E-state index is 0.0109. The summed E-state index contributed by atoms with van der Waals surface area (Å²) < 4.78 is 10.7. The van der Waals surface area contributed by atoms with Crippen molar-refractivity contribution in [3.63, 3.8) is 0 Å². The highest BCUT2D eigenvalue weighted by atomic mass is 16.5. The van der Waals surface area contributed by atoms with Crippen LogP contribution in [-0.2, 0) is 15.1 Å². The van der Waals surface area contributed by atoms with Crippen molar-refractivity contribution in [2.45, 2.75) is 57.7 Å². The highest BCUT2D eigenvalue weighted by Gasteiger charge is 2.33. The molecule has 1 aromatic rings. The highest BCUT2D eigenvalue weighted by Crippen LogP contribution is 2.32. The first-order chi connectivity index (χ1) is 13.2. The van der Waals surface area contributed by atoms with E-state index in [-0.39, 0.29) is 23.9 Å². The average molecular weight is 392 g/mol. The Bertz CT molecular complexity index is 705. The van der Waals surface area contributed by atoms with Gasteiger partial charge < -0.3 is 20.1 Å². The van der Waals surface area contributed by atoms with Gasteiger partial charge >= 0.3 is 0 Å². The Kier molecular flexibility index (Phi) is 7.29. The summed E-state index contributed by atoms with van der Waals surface area (Å²) in [6.45, 7) is 6.10. The molecule has 1 aromatic carbocycles. The number of ether oxygens (including phenoxy) is 2. The molecule has 0 aromatic heterocycles. The lowest BCUT2D eigenvalue weighted by Gasteiger charge is -2.30. The Morgan fingerprint density at radius 1 is 1.14 bits per heavy atom. The number of carbonyl (C=O) groups excluding carboxylic acids is 2. The lowest BCUT2D eigenvalue weighted by molar-refractivity contribution is -0.124. The second-order valence-electron chi connectivity index (χ2n) is 7.93. The van der Waals surface area contributed by atoms with Crippen LogP contribution < -0.4 is 20.1 Å². The summed E-state index contributed by atoms with van der Waals surface area (Å²) in [5.74, 6) is 1.29. The summed E-state index contributed by atoms with van der Waals surface area (Å²) >= 11 is 0. The van der Waals surface area contributed by atoms with Crippen molar-refractivity contribution < 1.29 is 19.1 Å². The molecular weight excluding hydrogens is 358 g/mol. The molecule has 0 unspecified atom stereocenters. The average Bonchev–Trinajstić information content (AvgIpc) is 2.98. The van der Waals surface area contributed by atoms with Crippen LogP contribution in [0.1, 0.15) is 45.6 Å². The predicted octanol–water partition coefficient (Wildman–Crippen LogP) is 2.04. The molecule has 7 nitrogen and oxygen atoms in total. The molecule has 1 heterocycles. The van der Waals surface area contributed by atoms with Crippen LogP contribution in [0, 0.1) is 0 Å². The van der Waals surface area contributed by atoms with Gasteiger partial charge in [-0.15, -0.1) is 0 Å². The van der Waals surface area contributed by atoms with Crippen molar-refractivity contribution >= 4 is 11.8 Å². The van der Waals surface area contributed by atoms with Gasteiger partial charge in [0.15, 0.2) is 11.5 Å². The van der Waals surface area contributed by atoms with E-state index in [1.807, 2.05) is 39.1 Å². The first kappa shape index (κ1) is 22.0. The molecule has 2 rings (SSSR count). The highest BCUT2D eigenvalue weighted by molar-refractivity contribution is 5.77. The summed E-state index contributed by atoms with van der Waals surface area (Å²) in [6, 6.07) is 6.14. The molecule has 1 saturated heterocycles. The molecule has 1 fully saturated rings. The zero-order chi connectivity index (χ0) is 20.9. The quantitative estimate of drug-likeness (QED) is 0.709.